The number of carbonyl (C=O) groups is 2. The van der Waals surface area contributed by atoms with Crippen LogP contribution >= 0.6 is 0 Å². The molecule has 6 N–H and O–H groups in total. The molecule has 4 saturated carbocycles. The van der Waals surface area contributed by atoms with Crippen molar-refractivity contribution in [3.05, 3.63) is 53.6 Å². The van der Waals surface area contributed by atoms with E-state index in [0.29, 0.717) is 61.8 Å². The number of phenolic OH excluding ortho intramolecular Hbond substituents is 2. The summed E-state index contributed by atoms with van der Waals surface area (Å²) in [5.41, 5.74) is 0.631. The molecule has 1 heterocycles. The Hall–Kier alpha value is -4.57. The largest absolute Gasteiger partial charge is 0.504 e. The Morgan fingerprint density at radius 1 is 1.00 bits per heavy atom. The summed E-state index contributed by atoms with van der Waals surface area (Å²) in [6, 6.07) is 12.6. The standard InChI is InChI=1S/C55H78N4O8/c1-5-38(24-30-60)17-19-42-20-22-49(62)55(36-39-18-21-46(61)47(31-39)65-4)27-11-13-41(55)14-12-29-58-52(57-3)59-45-33-43(54(42)25-9-10-26-54)34-48(51(45)64)67-53(37-56-2)28-23-40(35-53)32-50(63)66-44-15-7-6-8-16-44/h18,20-22,30-31,33-34,38,40-42,44,50,56,61,63-64H,5-11,13-17,19,23-28,32,35-37H2,1-4H3,(H2,57,58,59)/b22-20+/t38-,40-,41+,42-,50-,53-,55+/m1/s1. The van der Waals surface area contributed by atoms with Crippen LogP contribution in [0.25, 0.3) is 0 Å². The van der Waals surface area contributed by atoms with Crippen LogP contribution in [0.4, 0.5) is 5.69 Å². The van der Waals surface area contributed by atoms with Gasteiger partial charge in [-0.05, 0) is 149 Å². The average Bonchev–Trinajstić information content (AvgIpc) is 4.09. The molecule has 12 nitrogen and oxygen atoms in total. The number of phenols is 2. The number of aliphatic hydroxyl groups is 1. The number of ether oxygens (including phenoxy) is 3. The summed E-state index contributed by atoms with van der Waals surface area (Å²) >= 11 is 0. The number of aliphatic hydroxyl groups excluding tert-OH is 1. The minimum absolute atomic E-state index is 0.0122. The monoisotopic (exact) mass is 923 g/mol. The number of guanidine groups is 1. The number of aromatic hydroxyl groups is 2. The van der Waals surface area contributed by atoms with E-state index in [1.807, 2.05) is 31.3 Å². The highest BCUT2D eigenvalue weighted by Crippen LogP contribution is 2.54. The summed E-state index contributed by atoms with van der Waals surface area (Å²) in [5, 5.41) is 43.8. The maximum absolute atomic E-state index is 15.2. The van der Waals surface area contributed by atoms with Gasteiger partial charge in [-0.25, -0.2) is 0 Å². The molecular weight excluding hydrogens is 845 g/mol. The van der Waals surface area contributed by atoms with Gasteiger partial charge in [0, 0.05) is 49.7 Å². The lowest BCUT2D eigenvalue weighted by Gasteiger charge is -2.39. The molecule has 0 unspecified atom stereocenters. The number of rotatable bonds is 17. The van der Waals surface area contributed by atoms with Gasteiger partial charge < -0.3 is 45.0 Å². The molecule has 2 bridgehead atoms. The van der Waals surface area contributed by atoms with Crippen LogP contribution in [0.15, 0.2) is 47.5 Å². The highest BCUT2D eigenvalue weighted by atomic mass is 16.6. The van der Waals surface area contributed by atoms with Gasteiger partial charge in [0.05, 0.1) is 18.9 Å². The van der Waals surface area contributed by atoms with Crippen LogP contribution in [0.3, 0.4) is 0 Å². The molecule has 2 aromatic rings. The number of hydrogen-bond donors (Lipinski definition) is 6. The maximum atomic E-state index is 15.2. The normalized spacial score (nSPS) is 28.5. The number of likely N-dealkylation sites (N-methyl/N-ethyl adjacent to an activating group) is 1. The van der Waals surface area contributed by atoms with E-state index in [-0.39, 0.29) is 47.1 Å². The number of fused-ring (bicyclic) bond motifs is 4. The molecule has 0 saturated heterocycles. The third kappa shape index (κ3) is 11.8. The Bertz CT molecular complexity index is 2120. The topological polar surface area (TPSA) is 171 Å². The van der Waals surface area contributed by atoms with Crippen LogP contribution < -0.4 is 25.4 Å². The SMILES string of the molecule is CC[C@@H](CC=O)CC[C@@H]1/C=C/C(=O)[C@]2(Cc3ccc(O)c(OC)c3)CCC[C@H]2CC#CNC(=NC)Nc2cc(cc(O[C@]3(CNC)CC[C@H](C[C@H](O)OC4CCCCC4)C3)c2O)C12CCCC2. The second kappa shape index (κ2) is 23.2. The average molecular weight is 923 g/mol. The van der Waals surface area contributed by atoms with Crippen LogP contribution in [0.5, 0.6) is 23.0 Å². The lowest BCUT2D eigenvalue weighted by atomic mass is 9.65. The van der Waals surface area contributed by atoms with E-state index in [1.54, 1.807) is 13.1 Å². The fourth-order valence-corrected chi connectivity index (χ4v) is 12.8. The first-order valence-corrected chi connectivity index (χ1v) is 25.5. The van der Waals surface area contributed by atoms with Gasteiger partial charge in [0.2, 0.25) is 5.96 Å². The van der Waals surface area contributed by atoms with Gasteiger partial charge in [-0.3, -0.25) is 15.1 Å². The fraction of sp³-hybridized carbons (Fsp3) is 0.655. The van der Waals surface area contributed by atoms with Gasteiger partial charge in [0.25, 0.3) is 0 Å². The van der Waals surface area contributed by atoms with E-state index >= 15 is 4.79 Å². The molecule has 4 aliphatic carbocycles. The van der Waals surface area contributed by atoms with E-state index in [9.17, 15) is 20.1 Å². The molecule has 12 heteroatoms. The second-order valence-corrected chi connectivity index (χ2v) is 20.6. The third-order valence-electron chi connectivity index (χ3n) is 16.5. The molecule has 366 valence electrons. The van der Waals surface area contributed by atoms with E-state index in [4.69, 9.17) is 14.2 Å². The highest BCUT2D eigenvalue weighted by molar-refractivity contribution is 5.97. The van der Waals surface area contributed by atoms with Gasteiger partial charge in [-0.2, -0.15) is 0 Å². The minimum Gasteiger partial charge on any atom is -0.504 e. The van der Waals surface area contributed by atoms with Crippen LogP contribution in [0, 0.1) is 41.1 Å². The molecule has 0 amide bonds. The predicted octanol–water partition coefficient (Wildman–Crippen LogP) is 9.63. The quantitative estimate of drug-likeness (QED) is 0.0387. The molecule has 0 radical (unpaired) electrons. The van der Waals surface area contributed by atoms with Crippen molar-refractivity contribution in [2.75, 3.05) is 33.1 Å². The molecule has 7 rings (SSSR count). The Labute approximate surface area is 399 Å². The summed E-state index contributed by atoms with van der Waals surface area (Å²) in [6.07, 6.45) is 23.0. The first-order chi connectivity index (χ1) is 32.5. The van der Waals surface area contributed by atoms with E-state index < -0.39 is 22.7 Å². The molecule has 1 aliphatic heterocycles. The van der Waals surface area contributed by atoms with E-state index in [1.165, 1.54) is 13.5 Å². The molecule has 67 heavy (non-hydrogen) atoms. The van der Waals surface area contributed by atoms with Crippen molar-refractivity contribution in [2.45, 2.75) is 172 Å². The van der Waals surface area contributed by atoms with Gasteiger partial charge in [0.1, 0.15) is 11.9 Å². The predicted molar refractivity (Wildman–Crippen MR) is 263 cm³/mol. The van der Waals surface area contributed by atoms with E-state index in [2.05, 4.69) is 52.0 Å². The fourth-order valence-electron chi connectivity index (χ4n) is 12.8. The van der Waals surface area contributed by atoms with Crippen LogP contribution in [-0.4, -0.2) is 79.1 Å². The summed E-state index contributed by atoms with van der Waals surface area (Å²) in [5.74, 6) is 4.93. The number of hydrogen-bond acceptors (Lipinski definition) is 10. The molecule has 7 atom stereocenters. The van der Waals surface area contributed by atoms with Crippen molar-refractivity contribution in [3.8, 4) is 35.0 Å². The first kappa shape index (κ1) is 50.3. The number of anilines is 1. The number of aldehydes is 1. The lowest BCUT2D eigenvalue weighted by molar-refractivity contribution is -0.152. The summed E-state index contributed by atoms with van der Waals surface area (Å²) < 4.78 is 18.8. The molecule has 5 aliphatic rings. The number of methoxy groups -OCH3 is 1. The number of aliphatic imine (C=N–C) groups is 1. The number of carbonyl (C=O) groups excluding carboxylic acids is 2. The Morgan fingerprint density at radius 2 is 1.81 bits per heavy atom. The lowest BCUT2D eigenvalue weighted by Crippen LogP contribution is -2.43. The van der Waals surface area contributed by atoms with Gasteiger partial charge >= 0.3 is 0 Å². The molecule has 1 spiro atoms. The summed E-state index contributed by atoms with van der Waals surface area (Å²) in [4.78, 5) is 31.6. The number of allylic oxidation sites excluding steroid dienone is 2. The van der Waals surface area contributed by atoms with Crippen molar-refractivity contribution < 1.29 is 39.1 Å². The molecule has 0 aromatic heterocycles. The first-order valence-electron chi connectivity index (χ1n) is 25.5. The summed E-state index contributed by atoms with van der Waals surface area (Å²) in [7, 11) is 5.14. The van der Waals surface area contributed by atoms with Crippen molar-refractivity contribution >= 4 is 23.7 Å². The Balaban J connectivity index is 1.29. The zero-order valence-electron chi connectivity index (χ0n) is 40.7. The number of nitrogens with zero attached hydrogens (tertiary/aromatic N) is 1. The maximum Gasteiger partial charge on any atom is 0.207 e. The van der Waals surface area contributed by atoms with Crippen LogP contribution in [-0.2, 0) is 26.2 Å². The zero-order chi connectivity index (χ0) is 47.4. The van der Waals surface area contributed by atoms with Gasteiger partial charge in [-0.15, -0.1) is 0 Å². The number of nitrogens with one attached hydrogen (secondary N) is 3. The number of ketones is 1. The van der Waals surface area contributed by atoms with Crippen LogP contribution in [0.2, 0.25) is 0 Å². The van der Waals surface area contributed by atoms with Gasteiger partial charge in [0.15, 0.2) is 35.1 Å². The Kier molecular flexibility index (Phi) is 17.4. The Morgan fingerprint density at radius 3 is 2.54 bits per heavy atom. The minimum atomic E-state index is -0.822. The van der Waals surface area contributed by atoms with Crippen molar-refractivity contribution in [2.24, 2.45) is 34.1 Å². The zero-order valence-corrected chi connectivity index (χ0v) is 40.7. The highest BCUT2D eigenvalue weighted by Gasteiger charge is 2.49. The molecule has 4 fully saturated rings. The third-order valence-corrected chi connectivity index (χ3v) is 16.5. The van der Waals surface area contributed by atoms with Crippen molar-refractivity contribution in [3.63, 3.8) is 0 Å². The molecule has 2 aromatic carbocycles. The summed E-state index contributed by atoms with van der Waals surface area (Å²) in [6.45, 7) is 2.70. The second-order valence-electron chi connectivity index (χ2n) is 20.6. The number of benzene rings is 2. The van der Waals surface area contributed by atoms with Gasteiger partial charge in [-0.1, -0.05) is 69.9 Å². The van der Waals surface area contributed by atoms with E-state index in [0.717, 1.165) is 120 Å². The van der Waals surface area contributed by atoms with Crippen LogP contribution in [0.1, 0.15) is 153 Å². The van der Waals surface area contributed by atoms with Crippen molar-refractivity contribution in [1.29, 1.82) is 0 Å². The smallest absolute Gasteiger partial charge is 0.207 e. The van der Waals surface area contributed by atoms with Crippen molar-refractivity contribution in [1.82, 2.24) is 10.6 Å². The molecular formula is C55H78N4O8.